The highest BCUT2D eigenvalue weighted by molar-refractivity contribution is 7.80. The van der Waals surface area contributed by atoms with Crippen molar-refractivity contribution in [2.75, 3.05) is 5.32 Å². The maximum atomic E-state index is 6.12. The van der Waals surface area contributed by atoms with E-state index in [1.54, 1.807) is 18.2 Å². The van der Waals surface area contributed by atoms with Crippen molar-refractivity contribution in [2.45, 2.75) is 6.92 Å². The summed E-state index contributed by atoms with van der Waals surface area (Å²) in [4.78, 5) is 0. The third-order valence-electron chi connectivity index (χ3n) is 3.67. The Bertz CT molecular complexity index is 970. The van der Waals surface area contributed by atoms with Crippen LogP contribution in [0.3, 0.4) is 0 Å². The Morgan fingerprint density at radius 2 is 1.72 bits per heavy atom. The highest BCUT2D eigenvalue weighted by Crippen LogP contribution is 2.25. The van der Waals surface area contributed by atoms with Gasteiger partial charge in [0, 0.05) is 5.02 Å². The highest BCUT2D eigenvalue weighted by atomic mass is 35.5. The molecule has 0 atom stereocenters. The van der Waals surface area contributed by atoms with Crippen molar-refractivity contribution in [3.63, 3.8) is 0 Å². The van der Waals surface area contributed by atoms with E-state index in [9.17, 15) is 0 Å². The second kappa shape index (κ2) is 7.83. The summed E-state index contributed by atoms with van der Waals surface area (Å²) in [6.45, 7) is 1.93. The van der Waals surface area contributed by atoms with Gasteiger partial charge in [0.05, 0.1) is 16.4 Å². The molecule has 0 radical (unpaired) electrons. The summed E-state index contributed by atoms with van der Waals surface area (Å²) in [5.41, 5.74) is 5.36. The molecule has 2 N–H and O–H groups in total. The zero-order valence-electron chi connectivity index (χ0n) is 13.4. The van der Waals surface area contributed by atoms with Gasteiger partial charge in [0.1, 0.15) is 0 Å². The number of anilines is 1. The van der Waals surface area contributed by atoms with Crippen molar-refractivity contribution in [3.8, 4) is 0 Å². The number of thiocarbonyl (C=S) groups is 1. The van der Waals surface area contributed by atoms with Crippen LogP contribution in [-0.4, -0.2) is 10.8 Å². The van der Waals surface area contributed by atoms with Crippen LogP contribution in [0, 0.1) is 0 Å². The van der Waals surface area contributed by atoms with E-state index in [4.69, 9.17) is 35.4 Å². The first-order chi connectivity index (χ1) is 12.0. The molecule has 25 heavy (non-hydrogen) atoms. The summed E-state index contributed by atoms with van der Waals surface area (Å²) >= 11 is 17.3. The molecular weight excluding hydrogens is 373 g/mol. The van der Waals surface area contributed by atoms with Gasteiger partial charge in [0.15, 0.2) is 5.11 Å². The summed E-state index contributed by atoms with van der Waals surface area (Å²) < 4.78 is 0. The predicted octanol–water partition coefficient (Wildman–Crippen LogP) is 5.86. The summed E-state index contributed by atoms with van der Waals surface area (Å²) in [5, 5.41) is 11.1. The first-order valence-electron chi connectivity index (χ1n) is 7.58. The number of halogens is 2. The van der Waals surface area contributed by atoms with Gasteiger partial charge < -0.3 is 5.32 Å². The van der Waals surface area contributed by atoms with Gasteiger partial charge in [-0.2, -0.15) is 5.10 Å². The van der Waals surface area contributed by atoms with Gasteiger partial charge in [-0.1, -0.05) is 59.6 Å². The summed E-state index contributed by atoms with van der Waals surface area (Å²) in [5.74, 6) is 0. The molecule has 0 fully saturated rings. The summed E-state index contributed by atoms with van der Waals surface area (Å²) in [6.07, 6.45) is 0. The second-order valence-electron chi connectivity index (χ2n) is 5.45. The SMILES string of the molecule is C/C(=N/NC(=S)Nc1ccc(Cl)cc1Cl)c1ccc2ccccc2c1. The second-order valence-corrected chi connectivity index (χ2v) is 6.70. The fourth-order valence-corrected chi connectivity index (χ4v) is 2.97. The molecule has 0 aliphatic carbocycles. The molecule has 6 heteroatoms. The zero-order chi connectivity index (χ0) is 17.8. The van der Waals surface area contributed by atoms with Gasteiger partial charge in [-0.15, -0.1) is 0 Å². The molecule has 0 heterocycles. The molecule has 3 nitrogen and oxygen atoms in total. The highest BCUT2D eigenvalue weighted by Gasteiger charge is 2.04. The number of hydrazone groups is 1. The smallest absolute Gasteiger partial charge is 0.191 e. The number of fused-ring (bicyclic) bond motifs is 1. The van der Waals surface area contributed by atoms with Gasteiger partial charge in [-0.25, -0.2) is 0 Å². The van der Waals surface area contributed by atoms with E-state index in [0.29, 0.717) is 20.8 Å². The number of hydrogen-bond donors (Lipinski definition) is 2. The average Bonchev–Trinajstić information content (AvgIpc) is 2.61. The van der Waals surface area contributed by atoms with Crippen LogP contribution in [0.2, 0.25) is 10.0 Å². The molecule has 0 saturated carbocycles. The normalized spacial score (nSPS) is 11.4. The minimum atomic E-state index is 0.351. The van der Waals surface area contributed by atoms with E-state index in [-0.39, 0.29) is 0 Å². The summed E-state index contributed by atoms with van der Waals surface area (Å²) in [6, 6.07) is 19.6. The van der Waals surface area contributed by atoms with Crippen LogP contribution in [-0.2, 0) is 0 Å². The molecule has 3 aromatic carbocycles. The topological polar surface area (TPSA) is 36.4 Å². The molecule has 3 aromatic rings. The molecular formula is C19H15Cl2N3S. The third-order valence-corrected chi connectivity index (χ3v) is 4.41. The largest absolute Gasteiger partial charge is 0.330 e. The molecule has 126 valence electrons. The Morgan fingerprint density at radius 3 is 2.48 bits per heavy atom. The molecule has 0 unspecified atom stereocenters. The molecule has 0 aliphatic rings. The number of hydrogen-bond acceptors (Lipinski definition) is 2. The third kappa shape index (κ3) is 4.48. The van der Waals surface area contributed by atoms with Gasteiger partial charge in [-0.05, 0) is 59.7 Å². The molecule has 0 amide bonds. The lowest BCUT2D eigenvalue weighted by Gasteiger charge is -2.10. The maximum Gasteiger partial charge on any atom is 0.191 e. The number of nitrogens with zero attached hydrogens (tertiary/aromatic N) is 1. The van der Waals surface area contributed by atoms with Gasteiger partial charge in [0.25, 0.3) is 0 Å². The van der Waals surface area contributed by atoms with Crippen molar-refractivity contribution in [3.05, 3.63) is 76.3 Å². The number of benzene rings is 3. The van der Waals surface area contributed by atoms with Gasteiger partial charge in [0.2, 0.25) is 0 Å². The van der Waals surface area contributed by atoms with Crippen LogP contribution in [0.25, 0.3) is 10.8 Å². The van der Waals surface area contributed by atoms with E-state index in [1.807, 2.05) is 25.1 Å². The van der Waals surface area contributed by atoms with Crippen LogP contribution < -0.4 is 10.7 Å². The Morgan fingerprint density at radius 1 is 0.960 bits per heavy atom. The quantitative estimate of drug-likeness (QED) is 0.335. The van der Waals surface area contributed by atoms with Crippen molar-refractivity contribution >= 4 is 62.7 Å². The van der Waals surface area contributed by atoms with Crippen LogP contribution >= 0.6 is 35.4 Å². The van der Waals surface area contributed by atoms with Crippen molar-refractivity contribution in [1.82, 2.24) is 5.43 Å². The van der Waals surface area contributed by atoms with Crippen molar-refractivity contribution in [1.29, 1.82) is 0 Å². The summed E-state index contributed by atoms with van der Waals surface area (Å²) in [7, 11) is 0. The number of rotatable bonds is 3. The van der Waals surface area contributed by atoms with E-state index >= 15 is 0 Å². The Kier molecular flexibility index (Phi) is 5.53. The Balaban J connectivity index is 1.70. The predicted molar refractivity (Wildman–Crippen MR) is 112 cm³/mol. The average molecular weight is 388 g/mol. The minimum Gasteiger partial charge on any atom is -0.330 e. The van der Waals surface area contributed by atoms with E-state index in [0.717, 1.165) is 11.3 Å². The van der Waals surface area contributed by atoms with E-state index < -0.39 is 0 Å². The first-order valence-corrected chi connectivity index (χ1v) is 8.75. The van der Waals surface area contributed by atoms with E-state index in [1.165, 1.54) is 10.8 Å². The lowest BCUT2D eigenvalue weighted by Crippen LogP contribution is -2.25. The van der Waals surface area contributed by atoms with Crippen LogP contribution in [0.1, 0.15) is 12.5 Å². The van der Waals surface area contributed by atoms with Gasteiger partial charge >= 0.3 is 0 Å². The minimum absolute atomic E-state index is 0.351. The standard InChI is InChI=1S/C19H15Cl2N3S/c1-12(14-7-6-13-4-2-3-5-15(13)10-14)23-24-19(25)22-18-9-8-16(20)11-17(18)21/h2-11H,1H3,(H2,22,24,25)/b23-12-. The number of nitrogens with one attached hydrogen (secondary N) is 2. The maximum absolute atomic E-state index is 6.12. The van der Waals surface area contributed by atoms with E-state index in [2.05, 4.69) is 40.1 Å². The lowest BCUT2D eigenvalue weighted by molar-refractivity contribution is 1.04. The molecule has 0 aliphatic heterocycles. The molecule has 0 spiro atoms. The van der Waals surface area contributed by atoms with Crippen LogP contribution in [0.5, 0.6) is 0 Å². The van der Waals surface area contributed by atoms with Crippen molar-refractivity contribution in [2.24, 2.45) is 5.10 Å². The fraction of sp³-hybridized carbons (Fsp3) is 0.0526. The lowest BCUT2D eigenvalue weighted by atomic mass is 10.0. The molecule has 3 rings (SSSR count). The van der Waals surface area contributed by atoms with Crippen LogP contribution in [0.4, 0.5) is 5.69 Å². The monoisotopic (exact) mass is 387 g/mol. The van der Waals surface area contributed by atoms with Crippen molar-refractivity contribution < 1.29 is 0 Å². The molecule has 0 saturated heterocycles. The Hall–Kier alpha value is -2.14. The Labute approximate surface area is 161 Å². The first kappa shape index (κ1) is 17.7. The van der Waals surface area contributed by atoms with Gasteiger partial charge in [-0.3, -0.25) is 5.43 Å². The zero-order valence-corrected chi connectivity index (χ0v) is 15.7. The van der Waals surface area contributed by atoms with Crippen LogP contribution in [0.15, 0.2) is 65.8 Å². The molecule has 0 bridgehead atoms. The molecule has 0 aromatic heterocycles. The fourth-order valence-electron chi connectivity index (χ4n) is 2.35.